The average Bonchev–Trinajstić information content (AvgIpc) is 3.19. The summed E-state index contributed by atoms with van der Waals surface area (Å²) in [5.41, 5.74) is 3.69. The van der Waals surface area contributed by atoms with Crippen molar-refractivity contribution >= 4 is 23.2 Å². The second-order valence-electron chi connectivity index (χ2n) is 7.20. The molecule has 6 nitrogen and oxygen atoms in total. The zero-order chi connectivity index (χ0) is 19.9. The second-order valence-corrected chi connectivity index (χ2v) is 8.15. The summed E-state index contributed by atoms with van der Waals surface area (Å²) in [5.74, 6) is 1.14. The molecule has 3 rings (SSSR count). The van der Waals surface area contributed by atoms with Crippen LogP contribution in [0.5, 0.6) is 0 Å². The minimum absolute atomic E-state index is 0.0584. The first-order valence-electron chi connectivity index (χ1n) is 9.87. The van der Waals surface area contributed by atoms with E-state index in [1.165, 1.54) is 11.1 Å². The van der Waals surface area contributed by atoms with Crippen molar-refractivity contribution in [2.24, 2.45) is 4.99 Å². The Kier molecular flexibility index (Phi) is 7.03. The van der Waals surface area contributed by atoms with E-state index in [9.17, 15) is 4.79 Å². The molecule has 2 heterocycles. The van der Waals surface area contributed by atoms with Gasteiger partial charge in [-0.2, -0.15) is 0 Å². The smallest absolute Gasteiger partial charge is 0.244 e. The van der Waals surface area contributed by atoms with E-state index in [0.717, 1.165) is 30.2 Å². The van der Waals surface area contributed by atoms with Crippen molar-refractivity contribution in [2.75, 3.05) is 19.6 Å². The third-order valence-electron chi connectivity index (χ3n) is 4.77. The molecule has 28 heavy (non-hydrogen) atoms. The highest BCUT2D eigenvalue weighted by molar-refractivity contribution is 7.09. The minimum atomic E-state index is 0.0584. The molecule has 7 heteroatoms. The lowest BCUT2D eigenvalue weighted by atomic mass is 10.00. The Balaban J connectivity index is 1.55. The van der Waals surface area contributed by atoms with Crippen molar-refractivity contribution < 1.29 is 4.79 Å². The zero-order valence-corrected chi connectivity index (χ0v) is 17.7. The molecule has 0 unspecified atom stereocenters. The number of carbonyl (C=O) groups is 1. The first kappa shape index (κ1) is 20.3. The summed E-state index contributed by atoms with van der Waals surface area (Å²) < 4.78 is 0. The van der Waals surface area contributed by atoms with Crippen LogP contribution in [0, 0.1) is 0 Å². The van der Waals surface area contributed by atoms with Gasteiger partial charge in [0, 0.05) is 25.0 Å². The molecule has 0 spiro atoms. The van der Waals surface area contributed by atoms with E-state index in [1.807, 2.05) is 17.9 Å². The van der Waals surface area contributed by atoms with Crippen LogP contribution in [0.2, 0.25) is 0 Å². The predicted octanol–water partition coefficient (Wildman–Crippen LogP) is 2.91. The molecule has 1 aromatic carbocycles. The van der Waals surface area contributed by atoms with Crippen molar-refractivity contribution in [1.29, 1.82) is 0 Å². The summed E-state index contributed by atoms with van der Waals surface area (Å²) in [7, 11) is 0. The predicted molar refractivity (Wildman–Crippen MR) is 115 cm³/mol. The number of guanidine groups is 1. The number of aliphatic imine (C=N–C) groups is 1. The van der Waals surface area contributed by atoms with Crippen molar-refractivity contribution in [3.63, 3.8) is 0 Å². The summed E-state index contributed by atoms with van der Waals surface area (Å²) in [6, 6.07) is 8.33. The highest BCUT2D eigenvalue weighted by Crippen LogP contribution is 2.19. The first-order valence-corrected chi connectivity index (χ1v) is 10.8. The fourth-order valence-corrected chi connectivity index (χ4v) is 4.02. The molecule has 1 aliphatic rings. The molecule has 1 amide bonds. The Morgan fingerprint density at radius 1 is 1.29 bits per heavy atom. The van der Waals surface area contributed by atoms with Crippen LogP contribution in [-0.2, 0) is 24.3 Å². The van der Waals surface area contributed by atoms with Crippen LogP contribution in [0.25, 0.3) is 0 Å². The Bertz CT molecular complexity index is 830. The first-order chi connectivity index (χ1) is 13.6. The lowest BCUT2D eigenvalue weighted by Crippen LogP contribution is -2.40. The molecule has 1 aromatic heterocycles. The van der Waals surface area contributed by atoms with Gasteiger partial charge in [0.25, 0.3) is 0 Å². The number of rotatable bonds is 6. The number of aromatic nitrogens is 1. The highest BCUT2D eigenvalue weighted by Gasteiger charge is 2.20. The van der Waals surface area contributed by atoms with Gasteiger partial charge in [-0.1, -0.05) is 38.1 Å². The summed E-state index contributed by atoms with van der Waals surface area (Å²) >= 11 is 1.65. The second kappa shape index (κ2) is 9.68. The Labute approximate surface area is 171 Å². The molecule has 0 fully saturated rings. The molecule has 2 N–H and O–H groups in total. The molecule has 0 saturated heterocycles. The molecule has 0 atom stereocenters. The van der Waals surface area contributed by atoms with Gasteiger partial charge in [0.15, 0.2) is 5.96 Å². The fourth-order valence-electron chi connectivity index (χ4n) is 3.13. The van der Waals surface area contributed by atoms with Crippen molar-refractivity contribution in [2.45, 2.75) is 46.2 Å². The van der Waals surface area contributed by atoms with Crippen LogP contribution in [-0.4, -0.2) is 41.4 Å². The molecule has 0 radical (unpaired) electrons. The number of nitrogens with zero attached hydrogens (tertiary/aromatic N) is 3. The zero-order valence-electron chi connectivity index (χ0n) is 16.9. The van der Waals surface area contributed by atoms with E-state index in [0.29, 0.717) is 25.0 Å². The van der Waals surface area contributed by atoms with Crippen LogP contribution in [0.15, 0.2) is 34.6 Å². The summed E-state index contributed by atoms with van der Waals surface area (Å²) in [6.45, 7) is 9.22. The molecule has 2 aromatic rings. The SMILES string of the molecule is CCNC(=NCC(=O)N1CCc2ccccc2C1)NCc1nc(C(C)C)cs1. The van der Waals surface area contributed by atoms with Crippen LogP contribution in [0.1, 0.15) is 48.5 Å². The molecule has 1 aliphatic heterocycles. The van der Waals surface area contributed by atoms with Gasteiger partial charge >= 0.3 is 0 Å². The van der Waals surface area contributed by atoms with E-state index < -0.39 is 0 Å². The largest absolute Gasteiger partial charge is 0.357 e. The normalized spacial score (nSPS) is 14.1. The van der Waals surface area contributed by atoms with Gasteiger partial charge in [0.1, 0.15) is 11.6 Å². The van der Waals surface area contributed by atoms with E-state index in [1.54, 1.807) is 11.3 Å². The van der Waals surface area contributed by atoms with Gasteiger partial charge in [-0.15, -0.1) is 11.3 Å². The van der Waals surface area contributed by atoms with Crippen molar-refractivity contribution in [1.82, 2.24) is 20.5 Å². The van der Waals surface area contributed by atoms with Crippen molar-refractivity contribution in [3.05, 3.63) is 51.5 Å². The van der Waals surface area contributed by atoms with Crippen LogP contribution < -0.4 is 10.6 Å². The van der Waals surface area contributed by atoms with Crippen LogP contribution >= 0.6 is 11.3 Å². The van der Waals surface area contributed by atoms with E-state index in [2.05, 4.69) is 58.0 Å². The summed E-state index contributed by atoms with van der Waals surface area (Å²) in [5, 5.41) is 9.60. The third kappa shape index (κ3) is 5.32. The monoisotopic (exact) mass is 399 g/mol. The number of fused-ring (bicyclic) bond motifs is 1. The topological polar surface area (TPSA) is 69.6 Å². The third-order valence-corrected chi connectivity index (χ3v) is 5.64. The van der Waals surface area contributed by atoms with Gasteiger partial charge in [0.05, 0.1) is 12.2 Å². The van der Waals surface area contributed by atoms with Crippen molar-refractivity contribution in [3.8, 4) is 0 Å². The number of hydrogen-bond donors (Lipinski definition) is 2. The van der Waals surface area contributed by atoms with Crippen LogP contribution in [0.3, 0.4) is 0 Å². The molecule has 0 aliphatic carbocycles. The van der Waals surface area contributed by atoms with E-state index in [4.69, 9.17) is 0 Å². The molecule has 150 valence electrons. The highest BCUT2D eigenvalue weighted by atomic mass is 32.1. The Hall–Kier alpha value is -2.41. The maximum absolute atomic E-state index is 12.6. The Morgan fingerprint density at radius 2 is 2.07 bits per heavy atom. The lowest BCUT2D eigenvalue weighted by Gasteiger charge is -2.28. The van der Waals surface area contributed by atoms with Gasteiger partial charge in [-0.25, -0.2) is 9.98 Å². The molecular weight excluding hydrogens is 370 g/mol. The summed E-state index contributed by atoms with van der Waals surface area (Å²) in [4.78, 5) is 23.6. The van der Waals surface area contributed by atoms with Gasteiger partial charge in [-0.05, 0) is 30.4 Å². The number of amides is 1. The van der Waals surface area contributed by atoms with Gasteiger partial charge < -0.3 is 15.5 Å². The number of thiazole rings is 1. The number of benzene rings is 1. The van der Waals surface area contributed by atoms with Gasteiger partial charge in [0.2, 0.25) is 5.91 Å². The van der Waals surface area contributed by atoms with Crippen LogP contribution in [0.4, 0.5) is 0 Å². The molecular formula is C21H29N5OS. The maximum Gasteiger partial charge on any atom is 0.244 e. The molecule has 0 saturated carbocycles. The minimum Gasteiger partial charge on any atom is -0.357 e. The quantitative estimate of drug-likeness (QED) is 0.579. The average molecular weight is 400 g/mol. The van der Waals surface area contributed by atoms with E-state index >= 15 is 0 Å². The fraction of sp³-hybridized carbons (Fsp3) is 0.476. The Morgan fingerprint density at radius 3 is 2.79 bits per heavy atom. The number of carbonyl (C=O) groups excluding carboxylic acids is 1. The lowest BCUT2D eigenvalue weighted by molar-refractivity contribution is -0.130. The van der Waals surface area contributed by atoms with E-state index in [-0.39, 0.29) is 12.5 Å². The molecule has 0 bridgehead atoms. The van der Waals surface area contributed by atoms with Gasteiger partial charge in [-0.3, -0.25) is 4.79 Å². The number of hydrogen-bond acceptors (Lipinski definition) is 4. The number of nitrogens with one attached hydrogen (secondary N) is 2. The standard InChI is InChI=1S/C21H29N5OS/c1-4-22-21(23-11-19-25-18(14-28-19)15(2)3)24-12-20(27)26-10-9-16-7-5-6-8-17(16)13-26/h5-8,14-15H,4,9-13H2,1-3H3,(H2,22,23,24). The maximum atomic E-state index is 12.6. The summed E-state index contributed by atoms with van der Waals surface area (Å²) in [6.07, 6.45) is 0.909.